The van der Waals surface area contributed by atoms with Gasteiger partial charge in [0.2, 0.25) is 12.5 Å². The van der Waals surface area contributed by atoms with Gasteiger partial charge in [-0.15, -0.1) is 5.10 Å². The minimum atomic E-state index is -0.285. The Kier molecular flexibility index (Phi) is 6.04. The highest BCUT2D eigenvalue weighted by molar-refractivity contribution is 6.05. The van der Waals surface area contributed by atoms with Gasteiger partial charge in [0, 0.05) is 17.7 Å². The van der Waals surface area contributed by atoms with Crippen LogP contribution in [0.25, 0.3) is 5.69 Å². The lowest BCUT2D eigenvalue weighted by Gasteiger charge is -2.34. The van der Waals surface area contributed by atoms with E-state index in [1.54, 1.807) is 43.2 Å². The molecule has 0 saturated heterocycles. The van der Waals surface area contributed by atoms with Gasteiger partial charge >= 0.3 is 0 Å². The first-order valence-electron chi connectivity index (χ1n) is 12.1. The van der Waals surface area contributed by atoms with Crippen LogP contribution in [-0.4, -0.2) is 65.6 Å². The van der Waals surface area contributed by atoms with Crippen molar-refractivity contribution in [2.24, 2.45) is 0 Å². The Hall–Kier alpha value is -4.64. The third kappa shape index (κ3) is 3.97. The Morgan fingerprint density at radius 3 is 2.68 bits per heavy atom. The first-order valence-corrected chi connectivity index (χ1v) is 12.1. The summed E-state index contributed by atoms with van der Waals surface area (Å²) >= 11 is 0. The highest BCUT2D eigenvalue weighted by atomic mass is 16.7. The molecule has 194 valence electrons. The van der Waals surface area contributed by atoms with E-state index in [0.29, 0.717) is 40.1 Å². The molecule has 2 aliphatic rings. The van der Waals surface area contributed by atoms with E-state index in [1.165, 1.54) is 0 Å². The quantitative estimate of drug-likeness (QED) is 0.414. The number of para-hydroxylation sites is 2. The van der Waals surface area contributed by atoms with E-state index in [1.807, 2.05) is 37.4 Å². The number of fused-ring (bicyclic) bond motifs is 2. The molecule has 0 aliphatic carbocycles. The molecule has 0 fully saturated rings. The fraction of sp³-hybridized carbons (Fsp3) is 0.259. The fourth-order valence-electron chi connectivity index (χ4n) is 5.00. The van der Waals surface area contributed by atoms with Crippen LogP contribution in [0.5, 0.6) is 23.0 Å². The van der Waals surface area contributed by atoms with Gasteiger partial charge in [-0.25, -0.2) is 0 Å². The summed E-state index contributed by atoms with van der Waals surface area (Å²) in [4.78, 5) is 15.1. The van der Waals surface area contributed by atoms with Crippen LogP contribution < -0.4 is 24.3 Å². The number of carbonyl (C=O) groups excluding carboxylic acids is 1. The number of nitrogens with zero attached hydrogens (tertiary/aromatic N) is 5. The molecular weight excluding hydrogens is 488 g/mol. The van der Waals surface area contributed by atoms with Gasteiger partial charge in [-0.2, -0.15) is 4.68 Å². The second kappa shape index (κ2) is 9.67. The van der Waals surface area contributed by atoms with Gasteiger partial charge in [0.25, 0.3) is 5.91 Å². The zero-order chi connectivity index (χ0) is 26.2. The molecule has 11 heteroatoms. The number of tetrazole rings is 1. The summed E-state index contributed by atoms with van der Waals surface area (Å²) in [5, 5.41) is 15.6. The lowest BCUT2D eigenvalue weighted by molar-refractivity contribution is 0.102. The first kappa shape index (κ1) is 23.7. The fourth-order valence-corrected chi connectivity index (χ4v) is 5.00. The molecule has 0 spiro atoms. The van der Waals surface area contributed by atoms with Crippen LogP contribution in [0, 0.1) is 0 Å². The van der Waals surface area contributed by atoms with E-state index in [9.17, 15) is 4.79 Å². The number of carbonyl (C=O) groups is 1. The van der Waals surface area contributed by atoms with Crippen molar-refractivity contribution >= 4 is 11.6 Å². The highest BCUT2D eigenvalue weighted by Crippen LogP contribution is 2.50. The Labute approximate surface area is 218 Å². The van der Waals surface area contributed by atoms with Crippen LogP contribution in [0.15, 0.2) is 54.6 Å². The van der Waals surface area contributed by atoms with E-state index < -0.39 is 0 Å². The lowest BCUT2D eigenvalue weighted by atomic mass is 9.90. The zero-order valence-electron chi connectivity index (χ0n) is 21.2. The van der Waals surface area contributed by atoms with Crippen molar-refractivity contribution in [3.05, 3.63) is 77.1 Å². The van der Waals surface area contributed by atoms with Gasteiger partial charge in [0.05, 0.1) is 25.6 Å². The number of likely N-dealkylation sites (N-methyl/N-ethyl adjacent to an activating group) is 1. The van der Waals surface area contributed by atoms with Crippen molar-refractivity contribution < 1.29 is 23.7 Å². The van der Waals surface area contributed by atoms with Gasteiger partial charge in [-0.05, 0) is 71.9 Å². The summed E-state index contributed by atoms with van der Waals surface area (Å²) in [6, 6.07) is 16.1. The van der Waals surface area contributed by atoms with Crippen molar-refractivity contribution in [2.45, 2.75) is 12.5 Å². The van der Waals surface area contributed by atoms with Gasteiger partial charge in [0.15, 0.2) is 17.3 Å². The Morgan fingerprint density at radius 1 is 1.08 bits per heavy atom. The molecule has 4 aromatic rings. The van der Waals surface area contributed by atoms with Crippen molar-refractivity contribution in [1.29, 1.82) is 0 Å². The molecule has 1 unspecified atom stereocenters. The minimum Gasteiger partial charge on any atom is -0.495 e. The summed E-state index contributed by atoms with van der Waals surface area (Å²) in [5.74, 6) is 2.87. The third-order valence-electron chi connectivity index (χ3n) is 6.86. The van der Waals surface area contributed by atoms with Crippen molar-refractivity contribution in [1.82, 2.24) is 25.1 Å². The van der Waals surface area contributed by atoms with E-state index in [0.717, 1.165) is 29.8 Å². The minimum absolute atomic E-state index is 0.157. The maximum Gasteiger partial charge on any atom is 0.255 e. The zero-order valence-corrected chi connectivity index (χ0v) is 21.2. The van der Waals surface area contributed by atoms with Crippen molar-refractivity contribution in [3.8, 4) is 28.7 Å². The topological polar surface area (TPSA) is 113 Å². The van der Waals surface area contributed by atoms with Crippen LogP contribution in [0.4, 0.5) is 5.69 Å². The molecule has 0 bridgehead atoms. The molecule has 11 nitrogen and oxygen atoms in total. The number of hydrogen-bond acceptors (Lipinski definition) is 9. The Balaban J connectivity index is 1.33. The molecular formula is C27H26N6O5. The number of ether oxygens (including phenoxy) is 4. The SMILES string of the molecule is COc1ccccc1NC(=O)c1ccc(-n2nnnc2C2c3c(cc4c(c3OC)OCO4)CCN2C)cc1. The number of rotatable bonds is 6. The number of amides is 1. The molecule has 1 N–H and O–H groups in total. The summed E-state index contributed by atoms with van der Waals surface area (Å²) in [5.41, 5.74) is 3.87. The van der Waals surface area contributed by atoms with Crippen LogP contribution in [0.1, 0.15) is 33.4 Å². The van der Waals surface area contributed by atoms with E-state index >= 15 is 0 Å². The van der Waals surface area contributed by atoms with Crippen LogP contribution in [0.2, 0.25) is 0 Å². The molecule has 3 heterocycles. The maximum atomic E-state index is 12.9. The molecule has 0 radical (unpaired) electrons. The predicted molar refractivity (Wildman–Crippen MR) is 137 cm³/mol. The second-order valence-corrected chi connectivity index (χ2v) is 9.00. The molecule has 2 aliphatic heterocycles. The lowest BCUT2D eigenvalue weighted by Crippen LogP contribution is -2.35. The number of nitrogens with one attached hydrogen (secondary N) is 1. The normalized spacial score (nSPS) is 16.1. The van der Waals surface area contributed by atoms with Crippen LogP contribution in [0.3, 0.4) is 0 Å². The Morgan fingerprint density at radius 2 is 1.89 bits per heavy atom. The second-order valence-electron chi connectivity index (χ2n) is 9.00. The summed E-state index contributed by atoms with van der Waals surface area (Å²) < 4.78 is 24.2. The van der Waals surface area contributed by atoms with Gasteiger partial charge < -0.3 is 24.3 Å². The van der Waals surface area contributed by atoms with Crippen LogP contribution in [-0.2, 0) is 6.42 Å². The Bertz CT molecular complexity index is 1500. The average molecular weight is 515 g/mol. The summed E-state index contributed by atoms with van der Waals surface area (Å²) in [7, 11) is 5.22. The molecule has 38 heavy (non-hydrogen) atoms. The third-order valence-corrected chi connectivity index (χ3v) is 6.86. The van der Waals surface area contributed by atoms with Crippen molar-refractivity contribution in [3.63, 3.8) is 0 Å². The first-order chi connectivity index (χ1) is 18.6. The number of anilines is 1. The summed E-state index contributed by atoms with van der Waals surface area (Å²) in [6.45, 7) is 0.958. The molecule has 1 aromatic heterocycles. The van der Waals surface area contributed by atoms with Gasteiger partial charge in [0.1, 0.15) is 11.8 Å². The number of aromatic nitrogens is 4. The van der Waals surface area contributed by atoms with E-state index in [4.69, 9.17) is 18.9 Å². The van der Waals surface area contributed by atoms with Gasteiger partial charge in [-0.1, -0.05) is 12.1 Å². The molecule has 1 amide bonds. The molecule has 3 aromatic carbocycles. The molecule has 6 rings (SSSR count). The standard InChI is InChI=1S/C27H26N6O5/c1-32-13-12-17-14-21-24(38-15-37-21)25(36-3)22(17)23(32)26-29-30-31-33(26)18-10-8-16(9-11-18)27(34)28-19-6-4-5-7-20(19)35-2/h4-11,14,23H,12-13,15H2,1-3H3,(H,28,34). The van der Waals surface area contributed by atoms with Crippen LogP contribution >= 0.6 is 0 Å². The average Bonchev–Trinajstić information content (AvgIpc) is 3.62. The summed E-state index contributed by atoms with van der Waals surface area (Å²) in [6.07, 6.45) is 0.826. The smallest absolute Gasteiger partial charge is 0.255 e. The number of benzene rings is 3. The van der Waals surface area contributed by atoms with E-state index in [-0.39, 0.29) is 18.7 Å². The number of methoxy groups -OCH3 is 2. The number of hydrogen-bond donors (Lipinski definition) is 1. The monoisotopic (exact) mass is 514 g/mol. The molecule has 0 saturated carbocycles. The van der Waals surface area contributed by atoms with Crippen molar-refractivity contribution in [2.75, 3.05) is 39.9 Å². The molecule has 1 atom stereocenters. The van der Waals surface area contributed by atoms with Gasteiger partial charge in [-0.3, -0.25) is 9.69 Å². The largest absolute Gasteiger partial charge is 0.495 e. The van der Waals surface area contributed by atoms with E-state index in [2.05, 4.69) is 25.7 Å². The predicted octanol–water partition coefficient (Wildman–Crippen LogP) is 3.24. The highest BCUT2D eigenvalue weighted by Gasteiger charge is 2.37. The maximum absolute atomic E-state index is 12.9.